The predicted octanol–water partition coefficient (Wildman–Crippen LogP) is 3.13. The van der Waals surface area contributed by atoms with Gasteiger partial charge in [-0.15, -0.1) is 0 Å². The molecule has 4 aromatic rings. The van der Waals surface area contributed by atoms with Gasteiger partial charge in [0.05, 0.1) is 23.1 Å². The SMILES string of the molecule is Nc1nonc1-c1nc2ccccc2n1Cc1cncc(C(F)(F)F)c1. The van der Waals surface area contributed by atoms with Gasteiger partial charge in [-0.25, -0.2) is 9.61 Å². The maximum atomic E-state index is 12.9. The number of benzene rings is 1. The average Bonchev–Trinajstić information content (AvgIpc) is 3.18. The van der Waals surface area contributed by atoms with Crippen LogP contribution in [0.2, 0.25) is 0 Å². The van der Waals surface area contributed by atoms with E-state index < -0.39 is 11.7 Å². The Hall–Kier alpha value is -3.43. The van der Waals surface area contributed by atoms with Crippen LogP contribution in [0, 0.1) is 0 Å². The van der Waals surface area contributed by atoms with Gasteiger partial charge in [-0.3, -0.25) is 4.98 Å². The van der Waals surface area contributed by atoms with E-state index >= 15 is 0 Å². The van der Waals surface area contributed by atoms with Crippen molar-refractivity contribution in [2.75, 3.05) is 5.73 Å². The molecule has 0 atom stereocenters. The van der Waals surface area contributed by atoms with Crippen molar-refractivity contribution in [2.45, 2.75) is 12.7 Å². The zero-order chi connectivity index (χ0) is 18.3. The zero-order valence-corrected chi connectivity index (χ0v) is 13.1. The standard InChI is InChI=1S/C16H11F3N6O/c17-16(18,19)10-5-9(6-21-7-10)8-25-12-4-2-1-3-11(12)22-15(25)13-14(20)24-26-23-13/h1-7H,8H2,(H2,20,24). The van der Waals surface area contributed by atoms with Crippen molar-refractivity contribution in [3.05, 3.63) is 53.9 Å². The highest BCUT2D eigenvalue weighted by Gasteiger charge is 2.31. The Morgan fingerprint density at radius 2 is 1.92 bits per heavy atom. The number of imidazole rings is 1. The van der Waals surface area contributed by atoms with Crippen LogP contribution in [-0.2, 0) is 12.7 Å². The summed E-state index contributed by atoms with van der Waals surface area (Å²) in [6.45, 7) is 0.0963. The quantitative estimate of drug-likeness (QED) is 0.603. The van der Waals surface area contributed by atoms with Crippen molar-refractivity contribution >= 4 is 16.9 Å². The normalized spacial score (nSPS) is 12.0. The molecule has 0 aliphatic carbocycles. The van der Waals surface area contributed by atoms with E-state index in [-0.39, 0.29) is 18.1 Å². The number of nitrogens with two attached hydrogens (primary N) is 1. The molecule has 2 N–H and O–H groups in total. The fourth-order valence-corrected chi connectivity index (χ4v) is 2.68. The van der Waals surface area contributed by atoms with Crippen LogP contribution >= 0.6 is 0 Å². The molecule has 0 spiro atoms. The number of fused-ring (bicyclic) bond motifs is 1. The summed E-state index contributed by atoms with van der Waals surface area (Å²) < 4.78 is 45.2. The molecule has 0 saturated carbocycles. The Balaban J connectivity index is 1.85. The Bertz CT molecular complexity index is 1080. The van der Waals surface area contributed by atoms with E-state index in [0.717, 1.165) is 12.3 Å². The lowest BCUT2D eigenvalue weighted by Crippen LogP contribution is -2.08. The van der Waals surface area contributed by atoms with E-state index in [9.17, 15) is 13.2 Å². The van der Waals surface area contributed by atoms with Gasteiger partial charge in [0.15, 0.2) is 17.3 Å². The Morgan fingerprint density at radius 3 is 2.65 bits per heavy atom. The molecule has 0 aliphatic heterocycles. The van der Waals surface area contributed by atoms with Gasteiger partial charge in [0.1, 0.15) is 0 Å². The van der Waals surface area contributed by atoms with Crippen molar-refractivity contribution < 1.29 is 17.8 Å². The number of nitrogens with zero attached hydrogens (tertiary/aromatic N) is 5. The van der Waals surface area contributed by atoms with Crippen LogP contribution in [0.5, 0.6) is 0 Å². The third kappa shape index (κ3) is 2.75. The van der Waals surface area contributed by atoms with Gasteiger partial charge in [0.25, 0.3) is 0 Å². The molecule has 3 aromatic heterocycles. The highest BCUT2D eigenvalue weighted by molar-refractivity contribution is 5.81. The second kappa shape index (κ2) is 5.83. The second-order valence-corrected chi connectivity index (χ2v) is 5.59. The molecule has 0 radical (unpaired) electrons. The lowest BCUT2D eigenvalue weighted by Gasteiger charge is -2.10. The van der Waals surface area contributed by atoms with Crippen LogP contribution in [-0.4, -0.2) is 24.8 Å². The zero-order valence-electron chi connectivity index (χ0n) is 13.1. The molecular weight excluding hydrogens is 349 g/mol. The summed E-state index contributed by atoms with van der Waals surface area (Å²) in [5.41, 5.74) is 6.88. The minimum absolute atomic E-state index is 0.0451. The minimum Gasteiger partial charge on any atom is -0.379 e. The van der Waals surface area contributed by atoms with Crippen LogP contribution in [0.3, 0.4) is 0 Å². The van der Waals surface area contributed by atoms with Crippen molar-refractivity contribution in [3.8, 4) is 11.5 Å². The molecule has 0 saturated heterocycles. The highest BCUT2D eigenvalue weighted by Crippen LogP contribution is 2.30. The molecule has 26 heavy (non-hydrogen) atoms. The Morgan fingerprint density at radius 1 is 1.12 bits per heavy atom. The van der Waals surface area contributed by atoms with Gasteiger partial charge < -0.3 is 10.3 Å². The van der Waals surface area contributed by atoms with E-state index in [4.69, 9.17) is 5.73 Å². The van der Waals surface area contributed by atoms with Crippen molar-refractivity contribution in [3.63, 3.8) is 0 Å². The second-order valence-electron chi connectivity index (χ2n) is 5.59. The summed E-state index contributed by atoms with van der Waals surface area (Å²) in [6.07, 6.45) is -2.31. The summed E-state index contributed by atoms with van der Waals surface area (Å²) in [5.74, 6) is 0.395. The number of para-hydroxylation sites is 2. The monoisotopic (exact) mass is 360 g/mol. The average molecular weight is 360 g/mol. The van der Waals surface area contributed by atoms with Crippen LogP contribution < -0.4 is 5.73 Å². The summed E-state index contributed by atoms with van der Waals surface area (Å²) in [6, 6.07) is 8.24. The molecule has 0 bridgehead atoms. The molecule has 1 aromatic carbocycles. The first-order valence-corrected chi connectivity index (χ1v) is 7.48. The number of hydrogen-bond acceptors (Lipinski definition) is 6. The lowest BCUT2D eigenvalue weighted by molar-refractivity contribution is -0.137. The van der Waals surface area contributed by atoms with E-state index in [2.05, 4.69) is 24.9 Å². The Labute approximate surface area is 144 Å². The molecular formula is C16H11F3N6O. The predicted molar refractivity (Wildman–Crippen MR) is 85.8 cm³/mol. The van der Waals surface area contributed by atoms with Crippen LogP contribution in [0.15, 0.2) is 47.4 Å². The van der Waals surface area contributed by atoms with Gasteiger partial charge in [0.2, 0.25) is 0 Å². The number of halogens is 3. The third-order valence-electron chi connectivity index (χ3n) is 3.84. The smallest absolute Gasteiger partial charge is 0.379 e. The van der Waals surface area contributed by atoms with Gasteiger partial charge >= 0.3 is 6.18 Å². The van der Waals surface area contributed by atoms with Crippen LogP contribution in [0.1, 0.15) is 11.1 Å². The third-order valence-corrected chi connectivity index (χ3v) is 3.84. The van der Waals surface area contributed by atoms with Gasteiger partial charge in [0, 0.05) is 12.4 Å². The molecule has 0 amide bonds. The maximum absolute atomic E-state index is 12.9. The number of rotatable bonds is 3. The summed E-state index contributed by atoms with van der Waals surface area (Å²) in [5, 5.41) is 7.29. The number of anilines is 1. The van der Waals surface area contributed by atoms with Crippen LogP contribution in [0.4, 0.5) is 19.0 Å². The number of pyridine rings is 1. The van der Waals surface area contributed by atoms with Gasteiger partial charge in [-0.05, 0) is 34.1 Å². The number of alkyl halides is 3. The molecule has 7 nitrogen and oxygen atoms in total. The molecule has 0 fully saturated rings. The largest absolute Gasteiger partial charge is 0.417 e. The first-order valence-electron chi connectivity index (χ1n) is 7.48. The first kappa shape index (κ1) is 16.1. The van der Waals surface area contributed by atoms with E-state index in [1.54, 1.807) is 28.8 Å². The minimum atomic E-state index is -4.47. The summed E-state index contributed by atoms with van der Waals surface area (Å²) >= 11 is 0. The van der Waals surface area contributed by atoms with E-state index in [0.29, 0.717) is 22.4 Å². The first-order chi connectivity index (χ1) is 12.4. The summed E-state index contributed by atoms with van der Waals surface area (Å²) in [4.78, 5) is 8.16. The highest BCUT2D eigenvalue weighted by atomic mass is 19.4. The fraction of sp³-hybridized carbons (Fsp3) is 0.125. The molecule has 4 rings (SSSR count). The summed E-state index contributed by atoms with van der Waals surface area (Å²) in [7, 11) is 0. The van der Waals surface area contributed by atoms with E-state index in [1.165, 1.54) is 6.20 Å². The van der Waals surface area contributed by atoms with Crippen LogP contribution in [0.25, 0.3) is 22.6 Å². The van der Waals surface area contributed by atoms with Crippen molar-refractivity contribution in [1.29, 1.82) is 0 Å². The molecule has 0 unspecified atom stereocenters. The molecule has 10 heteroatoms. The Kier molecular flexibility index (Phi) is 3.60. The molecule has 132 valence electrons. The topological polar surface area (TPSA) is 95.6 Å². The number of nitrogen functional groups attached to an aromatic ring is 1. The molecule has 0 aliphatic rings. The lowest BCUT2D eigenvalue weighted by atomic mass is 10.2. The fourth-order valence-electron chi connectivity index (χ4n) is 2.68. The van der Waals surface area contributed by atoms with Gasteiger partial charge in [-0.1, -0.05) is 12.1 Å². The number of aromatic nitrogens is 5. The maximum Gasteiger partial charge on any atom is 0.417 e. The molecule has 3 heterocycles. The van der Waals surface area contributed by atoms with Crippen molar-refractivity contribution in [1.82, 2.24) is 24.8 Å². The van der Waals surface area contributed by atoms with Gasteiger partial charge in [-0.2, -0.15) is 13.2 Å². The van der Waals surface area contributed by atoms with Crippen molar-refractivity contribution in [2.24, 2.45) is 0 Å². The van der Waals surface area contributed by atoms with E-state index in [1.807, 2.05) is 0 Å². The number of hydrogen-bond donors (Lipinski definition) is 1.